The van der Waals surface area contributed by atoms with E-state index in [1.54, 1.807) is 31.2 Å². The third-order valence-electron chi connectivity index (χ3n) is 2.55. The summed E-state index contributed by atoms with van der Waals surface area (Å²) < 4.78 is 10.6. The third kappa shape index (κ3) is 2.91. The Balaban J connectivity index is 2.29. The number of rotatable bonds is 4. The highest BCUT2D eigenvalue weighted by molar-refractivity contribution is 6.00. The molecule has 0 aliphatic carbocycles. The molecule has 2 aromatic rings. The van der Waals surface area contributed by atoms with Crippen molar-refractivity contribution in [2.45, 2.75) is 6.92 Å². The van der Waals surface area contributed by atoms with Crippen molar-refractivity contribution in [2.75, 3.05) is 0 Å². The Morgan fingerprint density at radius 2 is 1.84 bits per heavy atom. The van der Waals surface area contributed by atoms with E-state index < -0.39 is 4.92 Å². The van der Waals surface area contributed by atoms with Gasteiger partial charge in [-0.2, -0.15) is 0 Å². The lowest BCUT2D eigenvalue weighted by atomic mass is 10.2. The van der Waals surface area contributed by atoms with E-state index in [0.29, 0.717) is 22.8 Å². The Kier molecular flexibility index (Phi) is 3.81. The molecule has 0 aliphatic rings. The molecular formula is C13H10NO4Si. The standard InChI is InChI=1S/C13H10NO4Si/c1-9-8-10(6-7-11(9)14(15)16)17-12-4-2-3-5-13(12)18-19/h2-8H,1H3. The fraction of sp³-hybridized carbons (Fsp3) is 0.0769. The zero-order valence-corrected chi connectivity index (χ0v) is 11.1. The lowest BCUT2D eigenvalue weighted by Gasteiger charge is -2.10. The highest BCUT2D eigenvalue weighted by atomic mass is 28.2. The average molecular weight is 272 g/mol. The molecular weight excluding hydrogens is 262 g/mol. The first kappa shape index (κ1) is 13.1. The smallest absolute Gasteiger partial charge is 0.341 e. The predicted octanol–water partition coefficient (Wildman–Crippen LogP) is 3.16. The molecule has 0 atom stereocenters. The van der Waals surface area contributed by atoms with Gasteiger partial charge in [-0.3, -0.25) is 10.1 Å². The molecule has 0 fully saturated rings. The van der Waals surface area contributed by atoms with E-state index in [0.717, 1.165) is 0 Å². The van der Waals surface area contributed by atoms with Crippen molar-refractivity contribution in [3.8, 4) is 17.2 Å². The van der Waals surface area contributed by atoms with E-state index in [4.69, 9.17) is 9.16 Å². The molecule has 0 amide bonds. The maximum atomic E-state index is 10.7. The summed E-state index contributed by atoms with van der Waals surface area (Å²) in [7, 11) is 2.95. The van der Waals surface area contributed by atoms with Crippen molar-refractivity contribution < 1.29 is 14.1 Å². The van der Waals surface area contributed by atoms with Gasteiger partial charge in [0.05, 0.1) is 4.92 Å². The van der Waals surface area contributed by atoms with Gasteiger partial charge in [0, 0.05) is 11.6 Å². The van der Waals surface area contributed by atoms with E-state index in [1.807, 2.05) is 12.1 Å². The molecule has 0 unspecified atom stereocenters. The molecule has 2 aromatic carbocycles. The second kappa shape index (κ2) is 5.53. The molecule has 5 nitrogen and oxygen atoms in total. The minimum Gasteiger partial charge on any atom is -0.538 e. The average Bonchev–Trinajstić information content (AvgIpc) is 2.39. The highest BCUT2D eigenvalue weighted by Gasteiger charge is 2.12. The zero-order valence-electron chi connectivity index (χ0n) is 10.1. The van der Waals surface area contributed by atoms with E-state index in [1.165, 1.54) is 6.07 Å². The van der Waals surface area contributed by atoms with E-state index in [9.17, 15) is 10.1 Å². The van der Waals surface area contributed by atoms with Crippen molar-refractivity contribution in [3.05, 3.63) is 58.1 Å². The Hall–Kier alpha value is -2.34. The third-order valence-corrected chi connectivity index (χ3v) is 2.77. The van der Waals surface area contributed by atoms with Gasteiger partial charge in [0.2, 0.25) is 0 Å². The summed E-state index contributed by atoms with van der Waals surface area (Å²) in [5.41, 5.74) is 0.608. The Labute approximate surface area is 113 Å². The number of nitro benzene ring substituents is 1. The summed E-state index contributed by atoms with van der Waals surface area (Å²) in [6.45, 7) is 1.66. The summed E-state index contributed by atoms with van der Waals surface area (Å²) >= 11 is 0. The molecule has 0 saturated heterocycles. The van der Waals surface area contributed by atoms with Crippen LogP contribution in [0.15, 0.2) is 42.5 Å². The van der Waals surface area contributed by atoms with Gasteiger partial charge in [-0.05, 0) is 31.2 Å². The first-order valence-corrected chi connectivity index (χ1v) is 5.88. The highest BCUT2D eigenvalue weighted by Crippen LogP contribution is 2.32. The normalized spacial score (nSPS) is 10.0. The summed E-state index contributed by atoms with van der Waals surface area (Å²) in [5, 5.41) is 10.7. The van der Waals surface area contributed by atoms with Crippen molar-refractivity contribution in [3.63, 3.8) is 0 Å². The van der Waals surface area contributed by atoms with Crippen molar-refractivity contribution >= 4 is 16.2 Å². The van der Waals surface area contributed by atoms with Gasteiger partial charge in [0.1, 0.15) is 11.5 Å². The first-order valence-electron chi connectivity index (χ1n) is 5.47. The monoisotopic (exact) mass is 272 g/mol. The number of nitrogens with zero attached hydrogens (tertiary/aromatic N) is 1. The molecule has 0 N–H and O–H groups in total. The van der Waals surface area contributed by atoms with Gasteiger partial charge >= 0.3 is 10.5 Å². The molecule has 0 bridgehead atoms. The molecule has 2 rings (SSSR count). The van der Waals surface area contributed by atoms with Gasteiger partial charge in [-0.15, -0.1) is 0 Å². The van der Waals surface area contributed by atoms with Crippen LogP contribution in [0, 0.1) is 17.0 Å². The molecule has 0 saturated carbocycles. The molecule has 0 aromatic heterocycles. The molecule has 0 aliphatic heterocycles. The number of nitro groups is 1. The lowest BCUT2D eigenvalue weighted by molar-refractivity contribution is -0.385. The quantitative estimate of drug-likeness (QED) is 0.487. The number of aryl methyl sites for hydroxylation is 1. The van der Waals surface area contributed by atoms with Crippen LogP contribution in [-0.2, 0) is 0 Å². The summed E-state index contributed by atoms with van der Waals surface area (Å²) in [5.74, 6) is 1.56. The van der Waals surface area contributed by atoms with Crippen LogP contribution in [0.25, 0.3) is 0 Å². The predicted molar refractivity (Wildman–Crippen MR) is 70.7 cm³/mol. The van der Waals surface area contributed by atoms with E-state index in [2.05, 4.69) is 10.5 Å². The van der Waals surface area contributed by atoms with Crippen molar-refractivity contribution in [1.82, 2.24) is 0 Å². The largest absolute Gasteiger partial charge is 0.538 e. The molecule has 95 valence electrons. The zero-order chi connectivity index (χ0) is 13.8. The maximum Gasteiger partial charge on any atom is 0.341 e. The van der Waals surface area contributed by atoms with Crippen LogP contribution < -0.4 is 9.16 Å². The molecule has 3 radical (unpaired) electrons. The Bertz CT molecular complexity index is 615. The van der Waals surface area contributed by atoms with Gasteiger partial charge in [-0.25, -0.2) is 0 Å². The minimum atomic E-state index is -0.422. The van der Waals surface area contributed by atoms with Crippen LogP contribution in [0.4, 0.5) is 5.69 Å². The fourth-order valence-electron chi connectivity index (χ4n) is 1.64. The van der Waals surface area contributed by atoms with Gasteiger partial charge in [0.15, 0.2) is 5.75 Å². The van der Waals surface area contributed by atoms with Crippen LogP contribution in [0.3, 0.4) is 0 Å². The maximum absolute atomic E-state index is 10.7. The van der Waals surface area contributed by atoms with Gasteiger partial charge in [-0.1, -0.05) is 12.1 Å². The number of ether oxygens (including phenoxy) is 1. The lowest BCUT2D eigenvalue weighted by Crippen LogP contribution is -1.94. The van der Waals surface area contributed by atoms with Crippen LogP contribution in [-0.4, -0.2) is 15.4 Å². The van der Waals surface area contributed by atoms with Crippen LogP contribution >= 0.6 is 0 Å². The number of para-hydroxylation sites is 2. The number of hydrogen-bond donors (Lipinski definition) is 0. The second-order valence-electron chi connectivity index (χ2n) is 3.86. The van der Waals surface area contributed by atoms with E-state index >= 15 is 0 Å². The molecule has 0 spiro atoms. The molecule has 0 heterocycles. The molecule has 6 heteroatoms. The number of benzene rings is 2. The minimum absolute atomic E-state index is 0.0667. The van der Waals surface area contributed by atoms with Gasteiger partial charge in [0.25, 0.3) is 5.69 Å². The van der Waals surface area contributed by atoms with Crippen molar-refractivity contribution in [1.29, 1.82) is 0 Å². The fourth-order valence-corrected chi connectivity index (χ4v) is 1.81. The van der Waals surface area contributed by atoms with Gasteiger partial charge < -0.3 is 9.16 Å². The first-order chi connectivity index (χ1) is 9.11. The summed E-state index contributed by atoms with van der Waals surface area (Å²) in [6.07, 6.45) is 0. The Morgan fingerprint density at radius 3 is 2.42 bits per heavy atom. The van der Waals surface area contributed by atoms with Crippen LogP contribution in [0.1, 0.15) is 5.56 Å². The van der Waals surface area contributed by atoms with Crippen molar-refractivity contribution in [2.24, 2.45) is 0 Å². The summed E-state index contributed by atoms with van der Waals surface area (Å²) in [4.78, 5) is 10.3. The Morgan fingerprint density at radius 1 is 1.16 bits per heavy atom. The SMILES string of the molecule is Cc1cc(Oc2ccccc2O[Si])ccc1[N+](=O)[O-]. The molecule has 19 heavy (non-hydrogen) atoms. The van der Waals surface area contributed by atoms with Crippen LogP contribution in [0.5, 0.6) is 17.2 Å². The second-order valence-corrected chi connectivity index (χ2v) is 4.06. The topological polar surface area (TPSA) is 61.6 Å². The van der Waals surface area contributed by atoms with Crippen LogP contribution in [0.2, 0.25) is 0 Å². The summed E-state index contributed by atoms with van der Waals surface area (Å²) in [6, 6.07) is 11.7. The van der Waals surface area contributed by atoms with E-state index in [-0.39, 0.29) is 5.69 Å². The number of hydrogen-bond acceptors (Lipinski definition) is 4.